The maximum Gasteiger partial charge on any atom is 0.313 e. The Kier molecular flexibility index (Phi) is 6.67. The summed E-state index contributed by atoms with van der Waals surface area (Å²) in [6, 6.07) is -0.439. The second-order valence-corrected chi connectivity index (χ2v) is 5.43. The van der Waals surface area contributed by atoms with Gasteiger partial charge in [0.15, 0.2) is 5.16 Å². The van der Waals surface area contributed by atoms with Gasteiger partial charge in [-0.25, -0.2) is 0 Å². The van der Waals surface area contributed by atoms with Crippen molar-refractivity contribution in [3.05, 3.63) is 5.82 Å². The second kappa shape index (κ2) is 8.02. The Morgan fingerprint density at radius 1 is 1.29 bits per heavy atom. The van der Waals surface area contributed by atoms with Gasteiger partial charge >= 0.3 is 5.97 Å². The van der Waals surface area contributed by atoms with E-state index >= 15 is 0 Å². The molecule has 1 atom stereocenters. The van der Waals surface area contributed by atoms with E-state index < -0.39 is 12.0 Å². The third-order valence-electron chi connectivity index (χ3n) is 3.20. The van der Waals surface area contributed by atoms with Crippen molar-refractivity contribution in [3.8, 4) is 0 Å². The van der Waals surface area contributed by atoms with Crippen LogP contribution < -0.4 is 0 Å². The molecule has 0 saturated carbocycles. The molecule has 1 amide bonds. The van der Waals surface area contributed by atoms with Crippen molar-refractivity contribution in [1.29, 1.82) is 0 Å². The molecule has 1 unspecified atom stereocenters. The number of thioether (sulfide) groups is 1. The van der Waals surface area contributed by atoms with E-state index in [1.807, 2.05) is 20.8 Å². The maximum absolute atomic E-state index is 12.5. The number of nitrogens with zero attached hydrogens (tertiary/aromatic N) is 4. The topological polar surface area (TPSA) is 88.3 Å². The molecule has 0 aromatic carbocycles. The SMILES string of the molecule is CCc1nnc(SCC(=O)O)n1C(C)C(=O)N(CC)CC. The highest BCUT2D eigenvalue weighted by Crippen LogP contribution is 2.23. The normalized spacial score (nSPS) is 12.2. The fourth-order valence-electron chi connectivity index (χ4n) is 2.07. The summed E-state index contributed by atoms with van der Waals surface area (Å²) >= 11 is 1.08. The van der Waals surface area contributed by atoms with Crippen LogP contribution in [0.5, 0.6) is 0 Å². The average molecular weight is 314 g/mol. The molecule has 1 aromatic heterocycles. The molecule has 118 valence electrons. The fourth-order valence-corrected chi connectivity index (χ4v) is 2.83. The van der Waals surface area contributed by atoms with Crippen molar-refractivity contribution in [2.45, 2.75) is 45.3 Å². The lowest BCUT2D eigenvalue weighted by molar-refractivity contribution is -0.134. The minimum absolute atomic E-state index is 0.00771. The summed E-state index contributed by atoms with van der Waals surface area (Å²) in [6.45, 7) is 8.87. The number of aliphatic carboxylic acids is 1. The van der Waals surface area contributed by atoms with E-state index in [4.69, 9.17) is 5.11 Å². The zero-order chi connectivity index (χ0) is 16.0. The highest BCUT2D eigenvalue weighted by Gasteiger charge is 2.25. The van der Waals surface area contributed by atoms with Crippen molar-refractivity contribution in [2.75, 3.05) is 18.8 Å². The minimum Gasteiger partial charge on any atom is -0.481 e. The van der Waals surface area contributed by atoms with Gasteiger partial charge in [-0.3, -0.25) is 14.2 Å². The van der Waals surface area contributed by atoms with Crippen molar-refractivity contribution < 1.29 is 14.7 Å². The summed E-state index contributed by atoms with van der Waals surface area (Å²) in [5, 5.41) is 17.3. The molecule has 1 aromatic rings. The first-order valence-electron chi connectivity index (χ1n) is 7.03. The molecule has 1 N–H and O–H groups in total. The van der Waals surface area contributed by atoms with Gasteiger partial charge in [-0.05, 0) is 20.8 Å². The third-order valence-corrected chi connectivity index (χ3v) is 4.12. The number of aromatic nitrogens is 3. The Labute approximate surface area is 128 Å². The number of hydrogen-bond acceptors (Lipinski definition) is 5. The molecule has 0 aliphatic heterocycles. The molecule has 0 spiro atoms. The molecule has 0 saturated heterocycles. The van der Waals surface area contributed by atoms with Crippen LogP contribution in [0.1, 0.15) is 39.6 Å². The summed E-state index contributed by atoms with van der Waals surface area (Å²) in [5.41, 5.74) is 0. The average Bonchev–Trinajstić information content (AvgIpc) is 2.88. The van der Waals surface area contributed by atoms with E-state index in [9.17, 15) is 9.59 Å². The zero-order valence-corrected chi connectivity index (χ0v) is 13.7. The Morgan fingerprint density at radius 2 is 1.90 bits per heavy atom. The van der Waals surface area contributed by atoms with Gasteiger partial charge in [0.05, 0.1) is 5.75 Å². The maximum atomic E-state index is 12.5. The van der Waals surface area contributed by atoms with E-state index in [0.717, 1.165) is 11.8 Å². The van der Waals surface area contributed by atoms with E-state index in [2.05, 4.69) is 10.2 Å². The van der Waals surface area contributed by atoms with Gasteiger partial charge in [0.1, 0.15) is 11.9 Å². The van der Waals surface area contributed by atoms with Crippen LogP contribution in [0, 0.1) is 0 Å². The second-order valence-electron chi connectivity index (χ2n) is 4.49. The first-order valence-corrected chi connectivity index (χ1v) is 8.01. The number of amides is 1. The quantitative estimate of drug-likeness (QED) is 0.731. The predicted molar refractivity (Wildman–Crippen MR) is 80.4 cm³/mol. The standard InChI is InChI=1S/C13H22N4O3S/c1-5-10-14-15-13(21-8-11(18)19)17(10)9(4)12(20)16(6-2)7-3/h9H,5-8H2,1-4H3,(H,18,19). The van der Waals surface area contributed by atoms with Gasteiger partial charge in [0.25, 0.3) is 0 Å². The first-order chi connectivity index (χ1) is 9.96. The van der Waals surface area contributed by atoms with E-state index in [1.54, 1.807) is 16.4 Å². The molecule has 0 bridgehead atoms. The van der Waals surface area contributed by atoms with Crippen LogP contribution >= 0.6 is 11.8 Å². The molecule has 0 radical (unpaired) electrons. The number of likely N-dealkylation sites (N-methyl/N-ethyl adjacent to an activating group) is 1. The predicted octanol–water partition coefficient (Wildman–Crippen LogP) is 1.45. The Morgan fingerprint density at radius 3 is 2.38 bits per heavy atom. The summed E-state index contributed by atoms with van der Waals surface area (Å²) in [5.74, 6) is -0.341. The molecule has 1 heterocycles. The van der Waals surface area contributed by atoms with Crippen LogP contribution in [0.4, 0.5) is 0 Å². The monoisotopic (exact) mass is 314 g/mol. The number of carbonyl (C=O) groups excluding carboxylic acids is 1. The van der Waals surface area contributed by atoms with E-state index in [0.29, 0.717) is 30.5 Å². The summed E-state index contributed by atoms with van der Waals surface area (Å²) < 4.78 is 1.74. The fraction of sp³-hybridized carbons (Fsp3) is 0.692. The molecule has 8 heteroatoms. The lowest BCUT2D eigenvalue weighted by atomic mass is 10.2. The molecule has 7 nitrogen and oxygen atoms in total. The van der Waals surface area contributed by atoms with Gasteiger partial charge in [0, 0.05) is 19.5 Å². The van der Waals surface area contributed by atoms with E-state index in [-0.39, 0.29) is 11.7 Å². The summed E-state index contributed by atoms with van der Waals surface area (Å²) in [6.07, 6.45) is 0.635. The smallest absolute Gasteiger partial charge is 0.313 e. The van der Waals surface area contributed by atoms with Gasteiger partial charge < -0.3 is 10.0 Å². The Bertz CT molecular complexity index is 500. The molecule has 21 heavy (non-hydrogen) atoms. The van der Waals surface area contributed by atoms with Crippen molar-refractivity contribution in [2.24, 2.45) is 0 Å². The number of hydrogen-bond donors (Lipinski definition) is 1. The van der Waals surface area contributed by atoms with Crippen molar-refractivity contribution in [1.82, 2.24) is 19.7 Å². The molecule has 0 fully saturated rings. The van der Waals surface area contributed by atoms with Crippen LogP contribution in [-0.4, -0.2) is 55.5 Å². The Balaban J connectivity index is 3.05. The molecule has 0 aliphatic rings. The molecular formula is C13H22N4O3S. The minimum atomic E-state index is -0.921. The highest BCUT2D eigenvalue weighted by atomic mass is 32.2. The van der Waals surface area contributed by atoms with Gasteiger partial charge in [-0.2, -0.15) is 0 Å². The summed E-state index contributed by atoms with van der Waals surface area (Å²) in [7, 11) is 0. The molecular weight excluding hydrogens is 292 g/mol. The largest absolute Gasteiger partial charge is 0.481 e. The van der Waals surface area contributed by atoms with Gasteiger partial charge in [-0.1, -0.05) is 18.7 Å². The van der Waals surface area contributed by atoms with Gasteiger partial charge in [0.2, 0.25) is 5.91 Å². The number of aryl methyl sites for hydroxylation is 1. The van der Waals surface area contributed by atoms with Crippen LogP contribution in [0.2, 0.25) is 0 Å². The van der Waals surface area contributed by atoms with Crippen LogP contribution in [0.3, 0.4) is 0 Å². The third kappa shape index (κ3) is 4.20. The Hall–Kier alpha value is -1.57. The number of carboxylic acid groups (broad SMARTS) is 1. The molecule has 1 rings (SSSR count). The zero-order valence-electron chi connectivity index (χ0n) is 12.9. The highest BCUT2D eigenvalue weighted by molar-refractivity contribution is 7.99. The van der Waals surface area contributed by atoms with Crippen LogP contribution in [0.25, 0.3) is 0 Å². The number of carbonyl (C=O) groups is 2. The first kappa shape index (κ1) is 17.5. The van der Waals surface area contributed by atoms with Crippen molar-refractivity contribution in [3.63, 3.8) is 0 Å². The number of carboxylic acids is 1. The molecule has 0 aliphatic carbocycles. The van der Waals surface area contributed by atoms with Crippen molar-refractivity contribution >= 4 is 23.6 Å². The van der Waals surface area contributed by atoms with E-state index in [1.165, 1.54) is 0 Å². The van der Waals surface area contributed by atoms with Gasteiger partial charge in [-0.15, -0.1) is 10.2 Å². The van der Waals surface area contributed by atoms with Crippen LogP contribution in [0.15, 0.2) is 5.16 Å². The lowest BCUT2D eigenvalue weighted by Crippen LogP contribution is -2.36. The number of rotatable bonds is 8. The lowest BCUT2D eigenvalue weighted by Gasteiger charge is -2.25. The summed E-state index contributed by atoms with van der Waals surface area (Å²) in [4.78, 5) is 24.9. The van der Waals surface area contributed by atoms with Crippen LogP contribution in [-0.2, 0) is 16.0 Å².